The van der Waals surface area contributed by atoms with Crippen molar-refractivity contribution < 1.29 is 9.21 Å². The summed E-state index contributed by atoms with van der Waals surface area (Å²) in [6.45, 7) is 6.42. The number of amides is 1. The molecule has 0 aliphatic carbocycles. The van der Waals surface area contributed by atoms with E-state index in [0.717, 1.165) is 17.7 Å². The lowest BCUT2D eigenvalue weighted by molar-refractivity contribution is 0.0783. The Hall–Kier alpha value is -2.03. The van der Waals surface area contributed by atoms with Crippen LogP contribution in [0, 0.1) is 13.8 Å². The summed E-state index contributed by atoms with van der Waals surface area (Å²) >= 11 is 0. The van der Waals surface area contributed by atoms with Crippen molar-refractivity contribution >= 4 is 5.91 Å². The third-order valence-electron chi connectivity index (χ3n) is 3.47. The summed E-state index contributed by atoms with van der Waals surface area (Å²) in [5.41, 5.74) is 3.09. The molecule has 106 valence electrons. The fourth-order valence-electron chi connectivity index (χ4n) is 2.27. The van der Waals surface area contributed by atoms with E-state index < -0.39 is 0 Å². The Kier molecular flexibility index (Phi) is 4.28. The molecule has 0 unspecified atom stereocenters. The first-order chi connectivity index (χ1) is 9.51. The molecule has 0 spiro atoms. The zero-order chi connectivity index (χ0) is 14.7. The molecular formula is C17H21NO2. The third-order valence-corrected chi connectivity index (χ3v) is 3.47. The summed E-state index contributed by atoms with van der Waals surface area (Å²) in [5, 5.41) is 0. The lowest BCUT2D eigenvalue weighted by Gasteiger charge is -2.17. The van der Waals surface area contributed by atoms with Crippen LogP contribution >= 0.6 is 0 Å². The molecule has 3 nitrogen and oxygen atoms in total. The molecule has 0 saturated heterocycles. The Morgan fingerprint density at radius 1 is 1.15 bits per heavy atom. The maximum atomic E-state index is 12.4. The van der Waals surface area contributed by atoms with Gasteiger partial charge in [-0.15, -0.1) is 0 Å². The maximum absolute atomic E-state index is 12.4. The molecule has 1 aromatic heterocycles. The fraction of sp³-hybridized carbons (Fsp3) is 0.353. The summed E-state index contributed by atoms with van der Waals surface area (Å²) in [4.78, 5) is 14.1. The molecule has 1 amide bonds. The minimum Gasteiger partial charge on any atom is -0.466 e. The second-order valence-corrected chi connectivity index (χ2v) is 5.16. The zero-order valence-corrected chi connectivity index (χ0v) is 12.6. The van der Waals surface area contributed by atoms with Crippen molar-refractivity contribution in [3.05, 3.63) is 58.5 Å². The predicted molar refractivity (Wildman–Crippen MR) is 79.8 cm³/mol. The molecule has 2 aromatic rings. The quantitative estimate of drug-likeness (QED) is 0.849. The highest BCUT2D eigenvalue weighted by molar-refractivity contribution is 5.95. The Morgan fingerprint density at radius 2 is 1.75 bits per heavy atom. The van der Waals surface area contributed by atoms with Gasteiger partial charge in [0.25, 0.3) is 5.91 Å². The Balaban J connectivity index is 2.09. The standard InChI is InChI=1S/C17H21NO2/c1-5-14-6-8-15(9-7-14)11-18(4)17(19)16-10-12(2)20-13(16)3/h6-10H,5,11H2,1-4H3. The maximum Gasteiger partial charge on any atom is 0.257 e. The van der Waals surface area contributed by atoms with E-state index >= 15 is 0 Å². The summed E-state index contributed by atoms with van der Waals surface area (Å²) in [6, 6.07) is 10.2. The van der Waals surface area contributed by atoms with Gasteiger partial charge in [0.2, 0.25) is 0 Å². The molecule has 0 bridgehead atoms. The van der Waals surface area contributed by atoms with Crippen LogP contribution < -0.4 is 0 Å². The van der Waals surface area contributed by atoms with E-state index in [4.69, 9.17) is 4.42 Å². The van der Waals surface area contributed by atoms with E-state index in [2.05, 4.69) is 31.2 Å². The van der Waals surface area contributed by atoms with E-state index in [1.165, 1.54) is 5.56 Å². The summed E-state index contributed by atoms with van der Waals surface area (Å²) in [6.07, 6.45) is 1.03. The monoisotopic (exact) mass is 271 g/mol. The SMILES string of the molecule is CCc1ccc(CN(C)C(=O)c2cc(C)oc2C)cc1. The van der Waals surface area contributed by atoms with Gasteiger partial charge in [-0.2, -0.15) is 0 Å². The number of carbonyl (C=O) groups excluding carboxylic acids is 1. The molecule has 0 radical (unpaired) electrons. The molecule has 2 rings (SSSR count). The van der Waals surface area contributed by atoms with Gasteiger partial charge in [0.1, 0.15) is 11.5 Å². The number of furan rings is 1. The molecular weight excluding hydrogens is 250 g/mol. The highest BCUT2D eigenvalue weighted by Gasteiger charge is 2.17. The topological polar surface area (TPSA) is 33.5 Å². The first kappa shape index (κ1) is 14.4. The number of hydrogen-bond acceptors (Lipinski definition) is 2. The largest absolute Gasteiger partial charge is 0.466 e. The van der Waals surface area contributed by atoms with Crippen LogP contribution in [0.4, 0.5) is 0 Å². The number of hydrogen-bond donors (Lipinski definition) is 0. The molecule has 0 N–H and O–H groups in total. The van der Waals surface area contributed by atoms with E-state index in [1.807, 2.05) is 20.9 Å². The van der Waals surface area contributed by atoms with Crippen LogP contribution in [0.3, 0.4) is 0 Å². The van der Waals surface area contributed by atoms with Gasteiger partial charge in [0, 0.05) is 13.6 Å². The van der Waals surface area contributed by atoms with E-state index in [1.54, 1.807) is 11.0 Å². The summed E-state index contributed by atoms with van der Waals surface area (Å²) in [5.74, 6) is 1.45. The molecule has 0 atom stereocenters. The number of aryl methyl sites for hydroxylation is 3. The first-order valence-corrected chi connectivity index (χ1v) is 6.91. The lowest BCUT2D eigenvalue weighted by Crippen LogP contribution is -2.26. The molecule has 0 fully saturated rings. The Bertz CT molecular complexity index is 596. The van der Waals surface area contributed by atoms with Crippen molar-refractivity contribution in [3.63, 3.8) is 0 Å². The van der Waals surface area contributed by atoms with Gasteiger partial charge in [0.15, 0.2) is 0 Å². The summed E-state index contributed by atoms with van der Waals surface area (Å²) in [7, 11) is 1.82. The minimum atomic E-state index is -0.00100. The summed E-state index contributed by atoms with van der Waals surface area (Å²) < 4.78 is 5.42. The highest BCUT2D eigenvalue weighted by Crippen LogP contribution is 2.17. The van der Waals surface area contributed by atoms with Crippen molar-refractivity contribution in [2.24, 2.45) is 0 Å². The van der Waals surface area contributed by atoms with Gasteiger partial charge >= 0.3 is 0 Å². The molecule has 0 aliphatic heterocycles. The molecule has 1 aromatic carbocycles. The van der Waals surface area contributed by atoms with Crippen molar-refractivity contribution in [3.8, 4) is 0 Å². The lowest BCUT2D eigenvalue weighted by atomic mass is 10.1. The minimum absolute atomic E-state index is 0.00100. The van der Waals surface area contributed by atoms with Crippen LogP contribution in [0.25, 0.3) is 0 Å². The molecule has 3 heteroatoms. The van der Waals surface area contributed by atoms with E-state index in [0.29, 0.717) is 17.9 Å². The Labute approximate surface area is 120 Å². The molecule has 20 heavy (non-hydrogen) atoms. The average Bonchev–Trinajstić information content (AvgIpc) is 2.77. The van der Waals surface area contributed by atoms with Crippen molar-refractivity contribution in [1.29, 1.82) is 0 Å². The number of rotatable bonds is 4. The number of carbonyl (C=O) groups is 1. The van der Waals surface area contributed by atoms with Crippen LogP contribution in [-0.4, -0.2) is 17.9 Å². The van der Waals surface area contributed by atoms with Gasteiger partial charge in [0.05, 0.1) is 5.56 Å². The van der Waals surface area contributed by atoms with Gasteiger partial charge in [-0.3, -0.25) is 4.79 Å². The number of benzene rings is 1. The first-order valence-electron chi connectivity index (χ1n) is 6.91. The van der Waals surface area contributed by atoms with Crippen LogP contribution in [-0.2, 0) is 13.0 Å². The fourth-order valence-corrected chi connectivity index (χ4v) is 2.27. The van der Waals surface area contributed by atoms with Crippen LogP contribution in [0.2, 0.25) is 0 Å². The Morgan fingerprint density at radius 3 is 2.25 bits per heavy atom. The second-order valence-electron chi connectivity index (χ2n) is 5.16. The van der Waals surface area contributed by atoms with Gasteiger partial charge < -0.3 is 9.32 Å². The van der Waals surface area contributed by atoms with Crippen molar-refractivity contribution in [2.75, 3.05) is 7.05 Å². The van der Waals surface area contributed by atoms with Crippen molar-refractivity contribution in [2.45, 2.75) is 33.7 Å². The predicted octanol–water partition coefficient (Wildman–Crippen LogP) is 3.73. The number of nitrogens with zero attached hydrogens (tertiary/aromatic N) is 1. The van der Waals surface area contributed by atoms with Crippen LogP contribution in [0.15, 0.2) is 34.7 Å². The van der Waals surface area contributed by atoms with Crippen LogP contribution in [0.1, 0.15) is 39.9 Å². The molecule has 0 saturated carbocycles. The highest BCUT2D eigenvalue weighted by atomic mass is 16.3. The average molecular weight is 271 g/mol. The van der Waals surface area contributed by atoms with Crippen molar-refractivity contribution in [1.82, 2.24) is 4.90 Å². The normalized spacial score (nSPS) is 10.6. The van der Waals surface area contributed by atoms with Crippen LogP contribution in [0.5, 0.6) is 0 Å². The molecule has 1 heterocycles. The zero-order valence-electron chi connectivity index (χ0n) is 12.6. The second kappa shape index (κ2) is 5.95. The van der Waals surface area contributed by atoms with E-state index in [-0.39, 0.29) is 5.91 Å². The smallest absolute Gasteiger partial charge is 0.257 e. The van der Waals surface area contributed by atoms with Gasteiger partial charge in [-0.1, -0.05) is 31.2 Å². The van der Waals surface area contributed by atoms with Gasteiger partial charge in [-0.05, 0) is 37.5 Å². The molecule has 0 aliphatic rings. The third kappa shape index (κ3) is 3.10. The van der Waals surface area contributed by atoms with Gasteiger partial charge in [-0.25, -0.2) is 0 Å². The van der Waals surface area contributed by atoms with E-state index in [9.17, 15) is 4.79 Å².